The fourth-order valence-corrected chi connectivity index (χ4v) is 4.30. The van der Waals surface area contributed by atoms with Crippen LogP contribution in [0.5, 0.6) is 11.5 Å². The first-order valence-electron chi connectivity index (χ1n) is 12.4. The Morgan fingerprint density at radius 1 is 0.447 bits per heavy atom. The van der Waals surface area contributed by atoms with E-state index in [2.05, 4.69) is 0 Å². The van der Waals surface area contributed by atoms with Crippen molar-refractivity contribution >= 4 is 22.7 Å². The molecule has 0 spiro atoms. The molecule has 0 radical (unpaired) electrons. The van der Waals surface area contributed by atoms with Crippen LogP contribution in [0.4, 0.5) is 49.1 Å². The molecule has 0 bridgehead atoms. The predicted molar refractivity (Wildman–Crippen MR) is 144 cm³/mol. The van der Waals surface area contributed by atoms with Crippen molar-refractivity contribution in [2.45, 2.75) is 18.1 Å². The Hall–Kier alpha value is -6.34. The van der Waals surface area contributed by atoms with Gasteiger partial charge < -0.3 is 9.47 Å². The first kappa shape index (κ1) is 33.6. The zero-order chi connectivity index (χ0) is 34.9. The summed E-state index contributed by atoms with van der Waals surface area (Å²) in [6, 6.07) is 11.8. The lowest BCUT2D eigenvalue weighted by Gasteiger charge is -2.34. The van der Waals surface area contributed by atoms with Crippen LogP contribution in [0.3, 0.4) is 0 Å². The molecule has 0 N–H and O–H groups in total. The minimum Gasteiger partial charge on any atom is -0.430 e. The van der Waals surface area contributed by atoms with E-state index in [0.717, 1.165) is 24.3 Å². The molecule has 0 aliphatic heterocycles. The summed E-state index contributed by atoms with van der Waals surface area (Å²) in [7, 11) is 0. The molecule has 0 amide bonds. The number of alkyl halides is 6. The second-order valence-electron chi connectivity index (χ2n) is 9.26. The topological polar surface area (TPSA) is 191 Å². The fourth-order valence-electron chi connectivity index (χ4n) is 4.30. The number of hydrogen-bond acceptors (Lipinski definition) is 10. The van der Waals surface area contributed by atoms with E-state index in [-0.39, 0.29) is 35.4 Å². The Labute approximate surface area is 256 Å². The summed E-state index contributed by atoms with van der Waals surface area (Å²) in [5.41, 5.74) is -11.0. The average Bonchev–Trinajstić information content (AvgIpc) is 2.99. The van der Waals surface area contributed by atoms with Gasteiger partial charge >= 0.3 is 40.9 Å². The van der Waals surface area contributed by atoms with Crippen LogP contribution < -0.4 is 9.47 Å². The van der Waals surface area contributed by atoms with E-state index in [1.54, 1.807) is 0 Å². The lowest BCUT2D eigenvalue weighted by Crippen LogP contribution is -2.41. The van der Waals surface area contributed by atoms with Crippen LogP contribution >= 0.6 is 0 Å². The summed E-state index contributed by atoms with van der Waals surface area (Å²) in [5, 5.41) is 48.1. The van der Waals surface area contributed by atoms with Crippen LogP contribution in [0.15, 0.2) is 84.9 Å². The number of rotatable bonds is 10. The van der Waals surface area contributed by atoms with Crippen molar-refractivity contribution in [3.63, 3.8) is 0 Å². The highest BCUT2D eigenvalue weighted by atomic mass is 19.4. The molecule has 0 saturated heterocycles. The molecule has 20 heteroatoms. The molecule has 47 heavy (non-hydrogen) atoms. The summed E-state index contributed by atoms with van der Waals surface area (Å²) >= 11 is 0. The summed E-state index contributed by atoms with van der Waals surface area (Å²) < 4.78 is 93.1. The third-order valence-corrected chi connectivity index (χ3v) is 6.34. The van der Waals surface area contributed by atoms with Crippen LogP contribution in [0.2, 0.25) is 0 Å². The van der Waals surface area contributed by atoms with Crippen molar-refractivity contribution in [2.75, 3.05) is 0 Å². The zero-order valence-electron chi connectivity index (χ0n) is 22.7. The highest BCUT2D eigenvalue weighted by Crippen LogP contribution is 2.50. The van der Waals surface area contributed by atoms with Gasteiger partial charge in [-0.2, -0.15) is 26.3 Å². The van der Waals surface area contributed by atoms with Crippen LogP contribution in [0.1, 0.15) is 22.3 Å². The van der Waals surface area contributed by atoms with Gasteiger partial charge in [0.1, 0.15) is 0 Å². The molecule has 0 unspecified atom stereocenters. The van der Waals surface area contributed by atoms with Crippen LogP contribution in [-0.4, -0.2) is 19.7 Å². The van der Waals surface area contributed by atoms with Crippen molar-refractivity contribution in [1.29, 1.82) is 0 Å². The van der Waals surface area contributed by atoms with Crippen LogP contribution in [-0.2, 0) is 18.1 Å². The predicted octanol–water partition coefficient (Wildman–Crippen LogP) is 7.72. The summed E-state index contributed by atoms with van der Waals surface area (Å²) in [4.78, 5) is 42.2. The highest BCUT2D eigenvalue weighted by Gasteiger charge is 2.49. The monoisotopic (exact) mass is 668 g/mol. The number of halogens is 6. The first-order chi connectivity index (χ1) is 21.9. The Morgan fingerprint density at radius 2 is 0.702 bits per heavy atom. The summed E-state index contributed by atoms with van der Waals surface area (Å²) in [5.74, 6) is -6.04. The van der Waals surface area contributed by atoms with E-state index in [9.17, 15) is 66.8 Å². The van der Waals surface area contributed by atoms with Gasteiger partial charge in [0.25, 0.3) is 11.5 Å². The van der Waals surface area contributed by atoms with Gasteiger partial charge in [0.15, 0.2) is 0 Å². The lowest BCUT2D eigenvalue weighted by molar-refractivity contribution is -0.400. The van der Waals surface area contributed by atoms with Gasteiger partial charge in [-0.25, -0.2) is 0 Å². The number of hydrogen-bond donors (Lipinski definition) is 0. The van der Waals surface area contributed by atoms with Crippen molar-refractivity contribution < 1.29 is 55.5 Å². The molecule has 0 saturated carbocycles. The van der Waals surface area contributed by atoms with Gasteiger partial charge in [0.05, 0.1) is 30.8 Å². The largest absolute Gasteiger partial charge is 0.430 e. The van der Waals surface area contributed by atoms with E-state index in [1.807, 2.05) is 0 Å². The Kier molecular flexibility index (Phi) is 8.72. The molecular formula is C27H14F6N4O10. The molecular weight excluding hydrogens is 654 g/mol. The normalized spacial score (nSPS) is 11.9. The molecule has 4 aromatic carbocycles. The molecule has 0 atom stereocenters. The fraction of sp³-hybridized carbons (Fsp3) is 0.111. The molecule has 14 nitrogen and oxygen atoms in total. The molecule has 0 aliphatic carbocycles. The minimum absolute atomic E-state index is 0.105. The molecule has 0 aliphatic rings. The van der Waals surface area contributed by atoms with Gasteiger partial charge in [0, 0.05) is 35.4 Å². The second kappa shape index (κ2) is 12.2. The smallest absolute Gasteiger partial charge is 0.416 e. The number of nitro benzene ring substituents is 4. The van der Waals surface area contributed by atoms with Crippen molar-refractivity contribution in [3.8, 4) is 11.5 Å². The van der Waals surface area contributed by atoms with Gasteiger partial charge in [-0.3, -0.25) is 40.5 Å². The van der Waals surface area contributed by atoms with Crippen molar-refractivity contribution in [2.24, 2.45) is 0 Å². The van der Waals surface area contributed by atoms with Crippen LogP contribution in [0, 0.1) is 40.5 Å². The molecule has 4 aromatic rings. The third-order valence-electron chi connectivity index (χ3n) is 6.34. The van der Waals surface area contributed by atoms with Gasteiger partial charge in [-0.05, 0) is 0 Å². The molecule has 0 aromatic heterocycles. The standard InChI is InChI=1S/C27H14F6N4O10/c28-26(29,30)17-11-19(34(38)39)23(20(12-17)35(40)41)46-25(15-7-3-1-4-8-15,16-9-5-2-6-10-16)47-24-21(36(42)43)13-18(27(31,32)33)14-22(24)37(44)45/h1-14H. The van der Waals surface area contributed by atoms with Crippen molar-refractivity contribution in [3.05, 3.63) is 148 Å². The minimum atomic E-state index is -5.35. The lowest BCUT2D eigenvalue weighted by atomic mass is 9.96. The van der Waals surface area contributed by atoms with E-state index in [0.29, 0.717) is 0 Å². The van der Waals surface area contributed by atoms with Crippen molar-refractivity contribution in [1.82, 2.24) is 0 Å². The summed E-state index contributed by atoms with van der Waals surface area (Å²) in [6.45, 7) is 0. The van der Waals surface area contributed by atoms with E-state index >= 15 is 0 Å². The number of ether oxygens (including phenoxy) is 2. The Bertz CT molecular complexity index is 1680. The SMILES string of the molecule is O=[N+]([O-])c1cc(C(F)(F)F)cc([N+](=O)[O-])c1OC(Oc1c([N+](=O)[O-])cc(C(F)(F)F)cc1[N+](=O)[O-])(c1ccccc1)c1ccccc1. The van der Waals surface area contributed by atoms with E-state index in [4.69, 9.17) is 9.47 Å². The number of benzene rings is 4. The van der Waals surface area contributed by atoms with Gasteiger partial charge in [-0.1, -0.05) is 60.7 Å². The quantitative estimate of drug-likeness (QED) is 0.0699. The number of nitro groups is 4. The maximum absolute atomic E-state index is 13.6. The Morgan fingerprint density at radius 3 is 0.915 bits per heavy atom. The van der Waals surface area contributed by atoms with E-state index < -0.39 is 83.2 Å². The maximum Gasteiger partial charge on any atom is 0.416 e. The van der Waals surface area contributed by atoms with Gasteiger partial charge in [-0.15, -0.1) is 0 Å². The maximum atomic E-state index is 13.6. The molecule has 4 rings (SSSR count). The van der Waals surface area contributed by atoms with Crippen LogP contribution in [0.25, 0.3) is 0 Å². The van der Waals surface area contributed by atoms with E-state index in [1.165, 1.54) is 36.4 Å². The summed E-state index contributed by atoms with van der Waals surface area (Å²) in [6.07, 6.45) is -10.7. The molecule has 0 fully saturated rings. The number of nitrogens with zero attached hydrogens (tertiary/aromatic N) is 4. The third kappa shape index (κ3) is 6.70. The zero-order valence-corrected chi connectivity index (χ0v) is 22.7. The molecule has 0 heterocycles. The average molecular weight is 668 g/mol. The first-order valence-corrected chi connectivity index (χ1v) is 12.4. The second-order valence-corrected chi connectivity index (χ2v) is 9.26. The Balaban J connectivity index is 2.19. The highest BCUT2D eigenvalue weighted by molar-refractivity contribution is 5.65. The van der Waals surface area contributed by atoms with Gasteiger partial charge in [0.2, 0.25) is 0 Å². The molecule has 244 valence electrons.